The van der Waals surface area contributed by atoms with Gasteiger partial charge in [0, 0.05) is 12.7 Å². The van der Waals surface area contributed by atoms with Gasteiger partial charge in [-0.1, -0.05) is 30.3 Å². The Bertz CT molecular complexity index is 736. The van der Waals surface area contributed by atoms with E-state index in [-0.39, 0.29) is 19.7 Å². The summed E-state index contributed by atoms with van der Waals surface area (Å²) < 4.78 is 5.36. The second-order valence-electron chi connectivity index (χ2n) is 5.37. The zero-order chi connectivity index (χ0) is 16.9. The van der Waals surface area contributed by atoms with Gasteiger partial charge in [0.25, 0.3) is 5.91 Å². The Balaban J connectivity index is 1.70. The van der Waals surface area contributed by atoms with Crippen molar-refractivity contribution in [1.82, 2.24) is 9.88 Å². The highest BCUT2D eigenvalue weighted by molar-refractivity contribution is 5.94. The summed E-state index contributed by atoms with van der Waals surface area (Å²) in [5.74, 6) is -0.00365. The molecule has 2 amide bonds. The van der Waals surface area contributed by atoms with Crippen LogP contribution in [0.15, 0.2) is 48.7 Å². The third-order valence-electron chi connectivity index (χ3n) is 3.75. The van der Waals surface area contributed by atoms with Crippen LogP contribution < -0.4 is 5.32 Å². The maximum Gasteiger partial charge on any atom is 0.407 e. The van der Waals surface area contributed by atoms with Gasteiger partial charge in [0.1, 0.15) is 5.82 Å². The average Bonchev–Trinajstić information content (AvgIpc) is 2.63. The molecule has 2 N–H and O–H groups in total. The van der Waals surface area contributed by atoms with Gasteiger partial charge in [-0.05, 0) is 23.3 Å². The second kappa shape index (κ2) is 7.10. The first-order valence-electron chi connectivity index (χ1n) is 7.55. The number of pyridine rings is 1. The quantitative estimate of drug-likeness (QED) is 0.900. The van der Waals surface area contributed by atoms with Crippen molar-refractivity contribution < 1.29 is 19.4 Å². The summed E-state index contributed by atoms with van der Waals surface area (Å²) in [6.45, 7) is 0.474. The van der Waals surface area contributed by atoms with Gasteiger partial charge in [0.2, 0.25) is 0 Å². The third kappa shape index (κ3) is 3.69. The molecule has 1 atom stereocenters. The van der Waals surface area contributed by atoms with Crippen molar-refractivity contribution in [2.75, 3.05) is 25.0 Å². The molecule has 3 rings (SSSR count). The van der Waals surface area contributed by atoms with Crippen LogP contribution in [0.5, 0.6) is 0 Å². The molecule has 124 valence electrons. The minimum absolute atomic E-state index is 0.0134. The fourth-order valence-corrected chi connectivity index (χ4v) is 2.50. The molecule has 1 fully saturated rings. The zero-order valence-corrected chi connectivity index (χ0v) is 12.9. The molecule has 0 saturated carbocycles. The van der Waals surface area contributed by atoms with Crippen molar-refractivity contribution in [2.45, 2.75) is 6.10 Å². The third-order valence-corrected chi connectivity index (χ3v) is 3.75. The largest absolute Gasteiger partial charge is 0.465 e. The summed E-state index contributed by atoms with van der Waals surface area (Å²) in [6.07, 6.45) is -0.277. The zero-order valence-electron chi connectivity index (χ0n) is 12.9. The molecule has 7 nitrogen and oxygen atoms in total. The fraction of sp³-hybridized carbons (Fsp3) is 0.235. The number of anilines is 1. The van der Waals surface area contributed by atoms with Gasteiger partial charge in [-0.2, -0.15) is 0 Å². The van der Waals surface area contributed by atoms with E-state index in [4.69, 9.17) is 9.84 Å². The summed E-state index contributed by atoms with van der Waals surface area (Å²) in [5, 5.41) is 11.7. The average molecular weight is 327 g/mol. The number of amides is 2. The summed E-state index contributed by atoms with van der Waals surface area (Å²) in [5.41, 5.74) is 1.94. The minimum Gasteiger partial charge on any atom is -0.465 e. The van der Waals surface area contributed by atoms with Crippen LogP contribution in [0, 0.1) is 0 Å². The van der Waals surface area contributed by atoms with E-state index in [1.807, 2.05) is 36.4 Å². The van der Waals surface area contributed by atoms with Gasteiger partial charge in [-0.15, -0.1) is 0 Å². The molecule has 2 heterocycles. The number of carbonyl (C=O) groups excluding carboxylic acids is 1. The maximum absolute atomic E-state index is 12.3. The molecule has 1 saturated heterocycles. The molecule has 24 heavy (non-hydrogen) atoms. The van der Waals surface area contributed by atoms with Crippen molar-refractivity contribution in [3.63, 3.8) is 0 Å². The number of rotatable bonds is 3. The number of nitrogens with one attached hydrogen (secondary N) is 1. The molecular formula is C17H17N3O4. The Labute approximate surface area is 138 Å². The molecule has 0 spiro atoms. The molecule has 0 radical (unpaired) electrons. The first kappa shape index (κ1) is 15.9. The molecule has 7 heteroatoms. The van der Waals surface area contributed by atoms with E-state index < -0.39 is 18.1 Å². The highest BCUT2D eigenvalue weighted by atomic mass is 16.5. The van der Waals surface area contributed by atoms with Crippen LogP contribution in [-0.4, -0.2) is 52.8 Å². The molecule has 0 bridgehead atoms. The molecule has 0 aliphatic carbocycles. The number of hydrogen-bond acceptors (Lipinski definition) is 4. The lowest BCUT2D eigenvalue weighted by Crippen LogP contribution is -2.49. The van der Waals surface area contributed by atoms with E-state index in [9.17, 15) is 9.59 Å². The SMILES string of the molecule is O=C(Nc1cc(-c2ccccc2)ccn1)[C@H]1CN(C(=O)O)CCO1. The lowest BCUT2D eigenvalue weighted by molar-refractivity contribution is -0.131. The summed E-state index contributed by atoms with van der Waals surface area (Å²) >= 11 is 0. The van der Waals surface area contributed by atoms with Gasteiger partial charge in [0.05, 0.1) is 13.2 Å². The Morgan fingerprint density at radius 2 is 2.00 bits per heavy atom. The lowest BCUT2D eigenvalue weighted by Gasteiger charge is -2.29. The van der Waals surface area contributed by atoms with Crippen LogP contribution in [0.3, 0.4) is 0 Å². The Morgan fingerprint density at radius 3 is 2.75 bits per heavy atom. The summed E-state index contributed by atoms with van der Waals surface area (Å²) in [7, 11) is 0. The van der Waals surface area contributed by atoms with Crippen molar-refractivity contribution >= 4 is 17.8 Å². The first-order valence-corrected chi connectivity index (χ1v) is 7.55. The number of hydrogen-bond donors (Lipinski definition) is 2. The Kier molecular flexibility index (Phi) is 4.72. The van der Waals surface area contributed by atoms with Crippen LogP contribution in [0.25, 0.3) is 11.1 Å². The molecule has 1 aromatic heterocycles. The highest BCUT2D eigenvalue weighted by Gasteiger charge is 2.29. The van der Waals surface area contributed by atoms with E-state index in [2.05, 4.69) is 10.3 Å². The van der Waals surface area contributed by atoms with E-state index in [1.54, 1.807) is 12.3 Å². The molecule has 1 aliphatic rings. The standard InChI is InChI=1S/C17H17N3O4/c21-16(14-11-20(17(22)23)8-9-24-14)19-15-10-13(6-7-18-15)12-4-2-1-3-5-12/h1-7,10,14H,8-9,11H2,(H,22,23)(H,18,19,21)/t14-/m1/s1. The monoisotopic (exact) mass is 327 g/mol. The number of morpholine rings is 1. The van der Waals surface area contributed by atoms with Crippen LogP contribution in [-0.2, 0) is 9.53 Å². The maximum atomic E-state index is 12.3. The predicted octanol–water partition coefficient (Wildman–Crippen LogP) is 2.07. The molecule has 1 aliphatic heterocycles. The topological polar surface area (TPSA) is 91.8 Å². The summed E-state index contributed by atoms with van der Waals surface area (Å²) in [4.78, 5) is 28.6. The van der Waals surface area contributed by atoms with E-state index >= 15 is 0 Å². The van der Waals surface area contributed by atoms with Crippen molar-refractivity contribution in [3.05, 3.63) is 48.7 Å². The minimum atomic E-state index is -1.06. The first-order chi connectivity index (χ1) is 11.6. The van der Waals surface area contributed by atoms with Crippen molar-refractivity contribution in [3.8, 4) is 11.1 Å². The smallest absolute Gasteiger partial charge is 0.407 e. The van der Waals surface area contributed by atoms with Gasteiger partial charge >= 0.3 is 6.09 Å². The van der Waals surface area contributed by atoms with Crippen LogP contribution in [0.4, 0.5) is 10.6 Å². The number of aromatic nitrogens is 1. The predicted molar refractivity (Wildman–Crippen MR) is 87.6 cm³/mol. The van der Waals surface area contributed by atoms with Gasteiger partial charge in [0.15, 0.2) is 6.10 Å². The van der Waals surface area contributed by atoms with Gasteiger partial charge in [-0.25, -0.2) is 9.78 Å². The molecule has 2 aromatic rings. The molecular weight excluding hydrogens is 310 g/mol. The summed E-state index contributed by atoms with van der Waals surface area (Å²) in [6, 6.07) is 13.4. The van der Waals surface area contributed by atoms with Gasteiger partial charge < -0.3 is 20.1 Å². The number of carboxylic acid groups (broad SMARTS) is 1. The van der Waals surface area contributed by atoms with Crippen LogP contribution in [0.2, 0.25) is 0 Å². The van der Waals surface area contributed by atoms with Crippen molar-refractivity contribution in [2.24, 2.45) is 0 Å². The molecule has 0 unspecified atom stereocenters. The Morgan fingerprint density at radius 1 is 1.21 bits per heavy atom. The van der Waals surface area contributed by atoms with E-state index in [1.165, 1.54) is 4.90 Å². The number of nitrogens with zero attached hydrogens (tertiary/aromatic N) is 2. The Hall–Kier alpha value is -2.93. The fourth-order valence-electron chi connectivity index (χ4n) is 2.50. The number of ether oxygens (including phenoxy) is 1. The van der Waals surface area contributed by atoms with Crippen molar-refractivity contribution in [1.29, 1.82) is 0 Å². The van der Waals surface area contributed by atoms with Gasteiger partial charge in [-0.3, -0.25) is 4.79 Å². The number of benzene rings is 1. The van der Waals surface area contributed by atoms with E-state index in [0.29, 0.717) is 5.82 Å². The molecule has 1 aromatic carbocycles. The number of carbonyl (C=O) groups is 2. The normalized spacial score (nSPS) is 17.3. The van der Waals surface area contributed by atoms with Crippen LogP contribution >= 0.6 is 0 Å². The second-order valence-corrected chi connectivity index (χ2v) is 5.37. The lowest BCUT2D eigenvalue weighted by atomic mass is 10.1. The van der Waals surface area contributed by atoms with E-state index in [0.717, 1.165) is 11.1 Å². The highest BCUT2D eigenvalue weighted by Crippen LogP contribution is 2.21. The van der Waals surface area contributed by atoms with Crippen LogP contribution in [0.1, 0.15) is 0 Å².